The predicted molar refractivity (Wildman–Crippen MR) is 53.7 cm³/mol. The Morgan fingerprint density at radius 2 is 2.29 bits per heavy atom. The second-order valence-electron chi connectivity index (χ2n) is 4.11. The third-order valence-electron chi connectivity index (χ3n) is 3.21. The van der Waals surface area contributed by atoms with Crippen molar-refractivity contribution in [3.63, 3.8) is 0 Å². The maximum Gasteiger partial charge on any atom is 0.331 e. The van der Waals surface area contributed by atoms with Gasteiger partial charge in [-0.15, -0.1) is 0 Å². The van der Waals surface area contributed by atoms with Crippen molar-refractivity contribution in [2.24, 2.45) is 11.7 Å². The van der Waals surface area contributed by atoms with E-state index in [2.05, 4.69) is 0 Å². The van der Waals surface area contributed by atoms with Crippen LogP contribution in [0.1, 0.15) is 25.7 Å². The maximum atomic E-state index is 10.8. The second-order valence-corrected chi connectivity index (χ2v) is 4.11. The number of allylic oxidation sites excluding steroid dienone is 2. The average molecular weight is 193 g/mol. The molecule has 0 amide bonds. The molecule has 0 saturated heterocycles. The molecule has 0 aromatic carbocycles. The number of nitrogens with two attached hydrogens (primary N) is 1. The summed E-state index contributed by atoms with van der Waals surface area (Å²) in [5, 5.41) is 8.88. The molecule has 2 aliphatic carbocycles. The highest BCUT2D eigenvalue weighted by molar-refractivity contribution is 5.87. The Balaban J connectivity index is 2.22. The van der Waals surface area contributed by atoms with Crippen LogP contribution in [-0.2, 0) is 4.79 Å². The molecule has 0 radical (unpaired) electrons. The molecule has 0 aliphatic heterocycles. The topological polar surface area (TPSA) is 63.3 Å². The smallest absolute Gasteiger partial charge is 0.331 e. The van der Waals surface area contributed by atoms with Crippen LogP contribution in [0.5, 0.6) is 0 Å². The van der Waals surface area contributed by atoms with Gasteiger partial charge in [-0.3, -0.25) is 0 Å². The van der Waals surface area contributed by atoms with Crippen LogP contribution in [0, 0.1) is 5.92 Å². The van der Waals surface area contributed by atoms with Gasteiger partial charge < -0.3 is 10.8 Å². The minimum Gasteiger partial charge on any atom is -0.478 e. The van der Waals surface area contributed by atoms with Crippen LogP contribution in [-0.4, -0.2) is 17.1 Å². The van der Waals surface area contributed by atoms with Gasteiger partial charge in [0.15, 0.2) is 0 Å². The van der Waals surface area contributed by atoms with E-state index in [-0.39, 0.29) is 12.0 Å². The maximum absolute atomic E-state index is 10.8. The van der Waals surface area contributed by atoms with Crippen molar-refractivity contribution in [3.05, 3.63) is 23.3 Å². The lowest BCUT2D eigenvalue weighted by atomic mass is 9.75. The molecule has 2 rings (SSSR count). The van der Waals surface area contributed by atoms with E-state index in [4.69, 9.17) is 10.8 Å². The SMILES string of the molecule is NC1CCCC2=CC=C(C(=O)O)CC21. The van der Waals surface area contributed by atoms with Crippen LogP contribution < -0.4 is 5.73 Å². The van der Waals surface area contributed by atoms with E-state index in [1.807, 2.05) is 6.08 Å². The van der Waals surface area contributed by atoms with Gasteiger partial charge in [0.25, 0.3) is 0 Å². The van der Waals surface area contributed by atoms with Crippen molar-refractivity contribution in [3.8, 4) is 0 Å². The molecular weight excluding hydrogens is 178 g/mol. The van der Waals surface area contributed by atoms with E-state index in [0.717, 1.165) is 19.3 Å². The lowest BCUT2D eigenvalue weighted by Crippen LogP contribution is -2.36. The molecule has 76 valence electrons. The molecule has 1 fully saturated rings. The van der Waals surface area contributed by atoms with E-state index in [0.29, 0.717) is 12.0 Å². The normalized spacial score (nSPS) is 31.5. The molecule has 3 nitrogen and oxygen atoms in total. The van der Waals surface area contributed by atoms with Gasteiger partial charge in [0, 0.05) is 11.6 Å². The first-order chi connectivity index (χ1) is 6.68. The molecular formula is C11H15NO2. The Hall–Kier alpha value is -1.09. The third kappa shape index (κ3) is 1.60. The summed E-state index contributed by atoms with van der Waals surface area (Å²) in [6.07, 6.45) is 7.54. The Labute approximate surface area is 83.3 Å². The zero-order valence-corrected chi connectivity index (χ0v) is 8.07. The molecule has 0 spiro atoms. The highest BCUT2D eigenvalue weighted by Crippen LogP contribution is 2.35. The van der Waals surface area contributed by atoms with Gasteiger partial charge in [-0.25, -0.2) is 4.79 Å². The number of rotatable bonds is 1. The number of hydrogen-bond donors (Lipinski definition) is 2. The minimum absolute atomic E-state index is 0.151. The summed E-state index contributed by atoms with van der Waals surface area (Å²) in [4.78, 5) is 10.8. The fourth-order valence-corrected chi connectivity index (χ4v) is 2.36. The van der Waals surface area contributed by atoms with Crippen molar-refractivity contribution in [1.82, 2.24) is 0 Å². The quantitative estimate of drug-likeness (QED) is 0.662. The summed E-state index contributed by atoms with van der Waals surface area (Å²) >= 11 is 0. The van der Waals surface area contributed by atoms with Gasteiger partial charge in [0.05, 0.1) is 0 Å². The molecule has 3 N–H and O–H groups in total. The molecule has 1 saturated carbocycles. The highest BCUT2D eigenvalue weighted by Gasteiger charge is 2.30. The van der Waals surface area contributed by atoms with Gasteiger partial charge in [-0.2, -0.15) is 0 Å². The number of aliphatic carboxylic acids is 1. The zero-order chi connectivity index (χ0) is 10.1. The lowest BCUT2D eigenvalue weighted by molar-refractivity contribution is -0.132. The Bertz CT molecular complexity index is 317. The van der Waals surface area contributed by atoms with E-state index >= 15 is 0 Å². The number of carboxylic acid groups (broad SMARTS) is 1. The summed E-state index contributed by atoms with van der Waals surface area (Å²) in [6, 6.07) is 0.151. The fourth-order valence-electron chi connectivity index (χ4n) is 2.36. The molecule has 2 atom stereocenters. The van der Waals surface area contributed by atoms with Crippen molar-refractivity contribution in [2.75, 3.05) is 0 Å². The van der Waals surface area contributed by atoms with Gasteiger partial charge in [0.1, 0.15) is 0 Å². The number of fused-ring (bicyclic) bond motifs is 1. The third-order valence-corrected chi connectivity index (χ3v) is 3.21. The summed E-state index contributed by atoms with van der Waals surface area (Å²) < 4.78 is 0. The van der Waals surface area contributed by atoms with E-state index in [1.165, 1.54) is 5.57 Å². The molecule has 0 bridgehead atoms. The van der Waals surface area contributed by atoms with Crippen LogP contribution in [0.3, 0.4) is 0 Å². The predicted octanol–water partition coefficient (Wildman–Crippen LogP) is 1.45. The van der Waals surface area contributed by atoms with Crippen molar-refractivity contribution in [1.29, 1.82) is 0 Å². The molecule has 0 heterocycles. The highest BCUT2D eigenvalue weighted by atomic mass is 16.4. The standard InChI is InChI=1S/C11H15NO2/c12-10-3-1-2-7-4-5-8(11(13)14)6-9(7)10/h4-5,9-10H,1-3,6,12H2,(H,13,14). The summed E-state index contributed by atoms with van der Waals surface area (Å²) in [6.45, 7) is 0. The van der Waals surface area contributed by atoms with Crippen molar-refractivity contribution >= 4 is 5.97 Å². The monoisotopic (exact) mass is 193 g/mol. The van der Waals surface area contributed by atoms with E-state index in [1.54, 1.807) is 6.08 Å². The molecule has 2 aliphatic rings. The van der Waals surface area contributed by atoms with Crippen LogP contribution in [0.2, 0.25) is 0 Å². The molecule has 2 unspecified atom stereocenters. The van der Waals surface area contributed by atoms with Crippen molar-refractivity contribution < 1.29 is 9.90 Å². The van der Waals surface area contributed by atoms with Gasteiger partial charge in [-0.05, 0) is 31.6 Å². The Kier molecular flexibility index (Phi) is 2.42. The zero-order valence-electron chi connectivity index (χ0n) is 8.07. The van der Waals surface area contributed by atoms with Crippen LogP contribution in [0.4, 0.5) is 0 Å². The molecule has 0 aromatic heterocycles. The van der Waals surface area contributed by atoms with Crippen LogP contribution >= 0.6 is 0 Å². The average Bonchev–Trinajstić information content (AvgIpc) is 2.18. The lowest BCUT2D eigenvalue weighted by Gasteiger charge is -2.33. The van der Waals surface area contributed by atoms with Gasteiger partial charge >= 0.3 is 5.97 Å². The number of carboxylic acids is 1. The van der Waals surface area contributed by atoms with Crippen LogP contribution in [0.15, 0.2) is 23.3 Å². The Morgan fingerprint density at radius 1 is 1.50 bits per heavy atom. The molecule has 3 heteroatoms. The first-order valence-electron chi connectivity index (χ1n) is 5.07. The van der Waals surface area contributed by atoms with Gasteiger partial charge in [-0.1, -0.05) is 17.7 Å². The molecule has 0 aromatic rings. The Morgan fingerprint density at radius 3 is 3.00 bits per heavy atom. The van der Waals surface area contributed by atoms with Gasteiger partial charge in [0.2, 0.25) is 0 Å². The second kappa shape index (κ2) is 3.58. The van der Waals surface area contributed by atoms with E-state index in [9.17, 15) is 4.79 Å². The number of hydrogen-bond acceptors (Lipinski definition) is 2. The largest absolute Gasteiger partial charge is 0.478 e. The first-order valence-corrected chi connectivity index (χ1v) is 5.07. The number of carbonyl (C=O) groups is 1. The van der Waals surface area contributed by atoms with E-state index < -0.39 is 5.97 Å². The fraction of sp³-hybridized carbons (Fsp3) is 0.545. The summed E-state index contributed by atoms with van der Waals surface area (Å²) in [7, 11) is 0. The van der Waals surface area contributed by atoms with Crippen molar-refractivity contribution in [2.45, 2.75) is 31.7 Å². The summed E-state index contributed by atoms with van der Waals surface area (Å²) in [5.41, 5.74) is 7.83. The molecule has 14 heavy (non-hydrogen) atoms. The first kappa shape index (κ1) is 9.46. The minimum atomic E-state index is -0.807. The van der Waals surface area contributed by atoms with Crippen LogP contribution in [0.25, 0.3) is 0 Å². The summed E-state index contributed by atoms with van der Waals surface area (Å²) in [5.74, 6) is -0.530.